The molecule has 0 saturated carbocycles. The molecule has 0 rings (SSSR count). The second kappa shape index (κ2) is 4.83. The van der Waals surface area contributed by atoms with Crippen molar-refractivity contribution in [3.8, 4) is 0 Å². The van der Waals surface area contributed by atoms with Crippen LogP contribution in [0.15, 0.2) is 0 Å². The minimum absolute atomic E-state index is 0.0386. The lowest BCUT2D eigenvalue weighted by Crippen LogP contribution is -2.40. The van der Waals surface area contributed by atoms with Crippen LogP contribution in [0.1, 0.15) is 41.5 Å². The monoisotopic (exact) mass is 173 g/mol. The molecular formula is C10H23NO. The number of ether oxygens (including phenoxy) is 1. The summed E-state index contributed by atoms with van der Waals surface area (Å²) in [7, 11) is 0. The van der Waals surface area contributed by atoms with E-state index in [2.05, 4.69) is 46.9 Å². The molecule has 0 spiro atoms. The van der Waals surface area contributed by atoms with Crippen molar-refractivity contribution in [1.29, 1.82) is 0 Å². The Labute approximate surface area is 76.7 Å². The first-order chi connectivity index (χ1) is 5.37. The molecule has 0 aliphatic rings. The zero-order valence-electron chi connectivity index (χ0n) is 9.27. The Morgan fingerprint density at radius 1 is 1.25 bits per heavy atom. The fourth-order valence-corrected chi connectivity index (χ4v) is 1.15. The molecule has 74 valence electrons. The molecule has 0 amide bonds. The molecule has 0 aromatic heterocycles. The van der Waals surface area contributed by atoms with Crippen LogP contribution in [0.25, 0.3) is 0 Å². The number of hydrogen-bond acceptors (Lipinski definition) is 2. The van der Waals surface area contributed by atoms with Crippen molar-refractivity contribution < 1.29 is 4.74 Å². The Balaban J connectivity index is 3.78. The third-order valence-corrected chi connectivity index (χ3v) is 1.77. The Kier molecular flexibility index (Phi) is 4.80. The summed E-state index contributed by atoms with van der Waals surface area (Å²) in [4.78, 5) is 0. The predicted molar refractivity (Wildman–Crippen MR) is 53.4 cm³/mol. The maximum atomic E-state index is 5.79. The van der Waals surface area contributed by atoms with E-state index in [0.717, 1.165) is 6.54 Å². The lowest BCUT2D eigenvalue weighted by Gasteiger charge is -2.29. The van der Waals surface area contributed by atoms with Crippen molar-refractivity contribution in [2.45, 2.75) is 59.3 Å². The molecule has 0 aliphatic carbocycles. The van der Waals surface area contributed by atoms with E-state index in [4.69, 9.17) is 4.74 Å². The summed E-state index contributed by atoms with van der Waals surface area (Å²) in [6, 6.07) is 0.425. The third-order valence-electron chi connectivity index (χ3n) is 1.77. The van der Waals surface area contributed by atoms with Crippen molar-refractivity contribution in [1.82, 2.24) is 5.32 Å². The maximum absolute atomic E-state index is 5.79. The van der Waals surface area contributed by atoms with Crippen LogP contribution in [0.5, 0.6) is 0 Å². The first-order valence-corrected chi connectivity index (χ1v) is 4.78. The number of nitrogens with one attached hydrogen (secondary N) is 1. The van der Waals surface area contributed by atoms with Gasteiger partial charge in [-0.25, -0.2) is 0 Å². The maximum Gasteiger partial charge on any atom is 0.0704 e. The average molecular weight is 173 g/mol. The quantitative estimate of drug-likeness (QED) is 0.703. The molecule has 2 nitrogen and oxygen atoms in total. The zero-order valence-corrected chi connectivity index (χ0v) is 9.27. The van der Waals surface area contributed by atoms with Gasteiger partial charge in [-0.2, -0.15) is 0 Å². The van der Waals surface area contributed by atoms with Crippen LogP contribution < -0.4 is 5.32 Å². The van der Waals surface area contributed by atoms with Gasteiger partial charge in [-0.15, -0.1) is 0 Å². The second-order valence-corrected chi connectivity index (χ2v) is 4.28. The van der Waals surface area contributed by atoms with Crippen LogP contribution in [-0.4, -0.2) is 24.3 Å². The van der Waals surface area contributed by atoms with E-state index in [1.54, 1.807) is 0 Å². The van der Waals surface area contributed by atoms with Crippen molar-refractivity contribution in [3.63, 3.8) is 0 Å². The Hall–Kier alpha value is -0.0800. The fourth-order valence-electron chi connectivity index (χ4n) is 1.15. The molecule has 0 bridgehead atoms. The molecule has 2 unspecified atom stereocenters. The topological polar surface area (TPSA) is 21.3 Å². The van der Waals surface area contributed by atoms with E-state index in [1.807, 2.05) is 0 Å². The van der Waals surface area contributed by atoms with Gasteiger partial charge >= 0.3 is 0 Å². The highest BCUT2D eigenvalue weighted by molar-refractivity contribution is 4.71. The lowest BCUT2D eigenvalue weighted by molar-refractivity contribution is -0.0634. The number of likely N-dealkylation sites (N-methyl/N-ethyl adjacent to an activating group) is 1. The summed E-state index contributed by atoms with van der Waals surface area (Å²) in [6.07, 6.45) is 0.268. The van der Waals surface area contributed by atoms with Gasteiger partial charge in [-0.05, 0) is 41.2 Å². The molecule has 1 N–H and O–H groups in total. The van der Waals surface area contributed by atoms with Crippen molar-refractivity contribution in [3.05, 3.63) is 0 Å². The standard InChI is InChI=1S/C10H23NO/c1-7-11-8(2)9(3)12-10(4,5)6/h8-9,11H,7H2,1-6H3. The highest BCUT2D eigenvalue weighted by Crippen LogP contribution is 2.12. The van der Waals surface area contributed by atoms with Gasteiger partial charge in [0.25, 0.3) is 0 Å². The molecule has 0 fully saturated rings. The van der Waals surface area contributed by atoms with Gasteiger partial charge in [0.15, 0.2) is 0 Å². The molecule has 0 saturated heterocycles. The molecule has 12 heavy (non-hydrogen) atoms. The molecule has 0 heterocycles. The smallest absolute Gasteiger partial charge is 0.0704 e. The first kappa shape index (κ1) is 11.9. The third kappa shape index (κ3) is 5.56. The highest BCUT2D eigenvalue weighted by atomic mass is 16.5. The SMILES string of the molecule is CCNC(C)C(C)OC(C)(C)C. The predicted octanol–water partition coefficient (Wildman–Crippen LogP) is 2.19. The highest BCUT2D eigenvalue weighted by Gasteiger charge is 2.18. The summed E-state index contributed by atoms with van der Waals surface area (Å²) < 4.78 is 5.79. The van der Waals surface area contributed by atoms with Crippen LogP contribution >= 0.6 is 0 Å². The summed E-state index contributed by atoms with van der Waals surface area (Å²) in [6.45, 7) is 13.6. The van der Waals surface area contributed by atoms with Crippen LogP contribution in [0.4, 0.5) is 0 Å². The second-order valence-electron chi connectivity index (χ2n) is 4.28. The molecule has 0 aromatic rings. The van der Waals surface area contributed by atoms with Crippen LogP contribution in [0.2, 0.25) is 0 Å². The van der Waals surface area contributed by atoms with Gasteiger partial charge < -0.3 is 10.1 Å². The Morgan fingerprint density at radius 3 is 2.08 bits per heavy atom. The Morgan fingerprint density at radius 2 is 1.75 bits per heavy atom. The van der Waals surface area contributed by atoms with Gasteiger partial charge in [-0.1, -0.05) is 6.92 Å². The van der Waals surface area contributed by atoms with Gasteiger partial charge in [0.05, 0.1) is 11.7 Å². The van der Waals surface area contributed by atoms with E-state index >= 15 is 0 Å². The summed E-state index contributed by atoms with van der Waals surface area (Å²) >= 11 is 0. The van der Waals surface area contributed by atoms with Gasteiger partial charge in [-0.3, -0.25) is 0 Å². The summed E-state index contributed by atoms with van der Waals surface area (Å²) in [5.41, 5.74) is -0.0386. The molecule has 2 heteroatoms. The minimum Gasteiger partial charge on any atom is -0.371 e. The van der Waals surface area contributed by atoms with E-state index in [9.17, 15) is 0 Å². The normalized spacial score (nSPS) is 17.5. The van der Waals surface area contributed by atoms with E-state index in [0.29, 0.717) is 6.04 Å². The average Bonchev–Trinajstić information content (AvgIpc) is 1.84. The molecule has 0 aliphatic heterocycles. The van der Waals surface area contributed by atoms with Crippen molar-refractivity contribution in [2.24, 2.45) is 0 Å². The molecule has 2 atom stereocenters. The van der Waals surface area contributed by atoms with Crippen LogP contribution in [0.3, 0.4) is 0 Å². The molecular weight excluding hydrogens is 150 g/mol. The fraction of sp³-hybridized carbons (Fsp3) is 1.00. The van der Waals surface area contributed by atoms with E-state index in [-0.39, 0.29) is 11.7 Å². The van der Waals surface area contributed by atoms with E-state index < -0.39 is 0 Å². The van der Waals surface area contributed by atoms with Crippen LogP contribution in [0, 0.1) is 0 Å². The van der Waals surface area contributed by atoms with Crippen LogP contribution in [-0.2, 0) is 4.74 Å². The van der Waals surface area contributed by atoms with E-state index in [1.165, 1.54) is 0 Å². The minimum atomic E-state index is -0.0386. The number of hydrogen-bond donors (Lipinski definition) is 1. The summed E-state index contributed by atoms with van der Waals surface area (Å²) in [5.74, 6) is 0. The van der Waals surface area contributed by atoms with Crippen molar-refractivity contribution in [2.75, 3.05) is 6.54 Å². The Bertz CT molecular complexity index is 117. The first-order valence-electron chi connectivity index (χ1n) is 4.78. The van der Waals surface area contributed by atoms with Gasteiger partial charge in [0.2, 0.25) is 0 Å². The molecule has 0 aromatic carbocycles. The van der Waals surface area contributed by atoms with Gasteiger partial charge in [0, 0.05) is 6.04 Å². The van der Waals surface area contributed by atoms with Crippen molar-refractivity contribution >= 4 is 0 Å². The molecule has 0 radical (unpaired) electrons. The summed E-state index contributed by atoms with van der Waals surface area (Å²) in [5, 5.41) is 3.34. The largest absolute Gasteiger partial charge is 0.371 e. The zero-order chi connectivity index (χ0) is 9.78. The van der Waals surface area contributed by atoms with Gasteiger partial charge in [0.1, 0.15) is 0 Å². The lowest BCUT2D eigenvalue weighted by atomic mass is 10.1. The number of rotatable bonds is 4.